The molecule has 0 aromatic heterocycles. The van der Waals surface area contributed by atoms with Crippen molar-refractivity contribution in [3.8, 4) is 0 Å². The smallest absolute Gasteiger partial charge is 0.137 e. The van der Waals surface area contributed by atoms with Gasteiger partial charge in [-0.2, -0.15) is 0 Å². The molecule has 0 aliphatic carbocycles. The first-order valence-corrected chi connectivity index (χ1v) is 4.56. The summed E-state index contributed by atoms with van der Waals surface area (Å²) in [4.78, 5) is 0. The first-order chi connectivity index (χ1) is 6.15. The quantitative estimate of drug-likeness (QED) is 0.890. The van der Waals surface area contributed by atoms with Crippen molar-refractivity contribution in [3.05, 3.63) is 34.1 Å². The first-order valence-electron chi connectivity index (χ1n) is 3.77. The van der Waals surface area contributed by atoms with Gasteiger partial charge in [0.25, 0.3) is 0 Å². The molecular formula is C9H10BrFO2. The van der Waals surface area contributed by atoms with Gasteiger partial charge in [0.15, 0.2) is 0 Å². The second-order valence-corrected chi connectivity index (χ2v) is 3.50. The highest BCUT2D eigenvalue weighted by Crippen LogP contribution is 2.21. The Bertz CT molecular complexity index is 291. The number of rotatable bonds is 3. The van der Waals surface area contributed by atoms with Crippen LogP contribution in [0.25, 0.3) is 0 Å². The summed E-state index contributed by atoms with van der Waals surface area (Å²) in [5, 5.41) is 9.47. The van der Waals surface area contributed by atoms with Crippen LogP contribution in [-0.2, 0) is 4.74 Å². The van der Waals surface area contributed by atoms with Gasteiger partial charge in [-0.25, -0.2) is 4.39 Å². The van der Waals surface area contributed by atoms with Crippen molar-refractivity contribution in [2.75, 3.05) is 13.7 Å². The van der Waals surface area contributed by atoms with Gasteiger partial charge in [0.2, 0.25) is 0 Å². The second-order valence-electron chi connectivity index (χ2n) is 2.64. The van der Waals surface area contributed by atoms with Crippen LogP contribution in [0, 0.1) is 5.82 Å². The number of aliphatic hydroxyl groups is 1. The normalized spacial score (nSPS) is 12.9. The zero-order valence-electron chi connectivity index (χ0n) is 7.13. The van der Waals surface area contributed by atoms with Crippen molar-refractivity contribution >= 4 is 15.9 Å². The van der Waals surface area contributed by atoms with Crippen LogP contribution in [0.1, 0.15) is 11.7 Å². The topological polar surface area (TPSA) is 29.5 Å². The van der Waals surface area contributed by atoms with Crippen LogP contribution in [0.4, 0.5) is 4.39 Å². The monoisotopic (exact) mass is 248 g/mol. The largest absolute Gasteiger partial charge is 0.386 e. The SMILES string of the molecule is COCC(O)c1ccc(F)c(Br)c1. The van der Waals surface area contributed by atoms with Crippen LogP contribution < -0.4 is 0 Å². The third-order valence-corrected chi connectivity index (χ3v) is 2.26. The van der Waals surface area contributed by atoms with Gasteiger partial charge in [-0.1, -0.05) is 6.07 Å². The lowest BCUT2D eigenvalue weighted by Gasteiger charge is -2.09. The Labute approximate surface area is 84.5 Å². The minimum absolute atomic E-state index is 0.206. The van der Waals surface area contributed by atoms with Crippen LogP contribution in [0.5, 0.6) is 0 Å². The third kappa shape index (κ3) is 2.76. The zero-order chi connectivity index (χ0) is 9.84. The van der Waals surface area contributed by atoms with Crippen LogP contribution in [0.3, 0.4) is 0 Å². The van der Waals surface area contributed by atoms with E-state index in [0.29, 0.717) is 10.0 Å². The summed E-state index contributed by atoms with van der Waals surface area (Å²) in [5.41, 5.74) is 0.634. The fraction of sp³-hybridized carbons (Fsp3) is 0.333. The lowest BCUT2D eigenvalue weighted by Crippen LogP contribution is -2.05. The molecule has 4 heteroatoms. The number of hydrogen-bond donors (Lipinski definition) is 1. The Kier molecular flexibility index (Phi) is 3.84. The van der Waals surface area contributed by atoms with E-state index in [-0.39, 0.29) is 12.4 Å². The van der Waals surface area contributed by atoms with Crippen LogP contribution >= 0.6 is 15.9 Å². The molecule has 0 amide bonds. The molecule has 72 valence electrons. The Morgan fingerprint density at radius 3 is 2.85 bits per heavy atom. The molecule has 1 atom stereocenters. The molecule has 0 radical (unpaired) electrons. The van der Waals surface area contributed by atoms with Gasteiger partial charge >= 0.3 is 0 Å². The van der Waals surface area contributed by atoms with Gasteiger partial charge in [0.05, 0.1) is 11.1 Å². The number of ether oxygens (including phenoxy) is 1. The highest BCUT2D eigenvalue weighted by atomic mass is 79.9. The van der Waals surface area contributed by atoms with Crippen LogP contribution in [-0.4, -0.2) is 18.8 Å². The average molecular weight is 249 g/mol. The molecule has 2 nitrogen and oxygen atoms in total. The van der Waals surface area contributed by atoms with Crippen molar-refractivity contribution in [1.82, 2.24) is 0 Å². The number of hydrogen-bond acceptors (Lipinski definition) is 2. The molecule has 1 aromatic rings. The van der Waals surface area contributed by atoms with Gasteiger partial charge in [0, 0.05) is 7.11 Å². The highest BCUT2D eigenvalue weighted by molar-refractivity contribution is 9.10. The van der Waals surface area contributed by atoms with Gasteiger partial charge < -0.3 is 9.84 Å². The van der Waals surface area contributed by atoms with Gasteiger partial charge in [-0.3, -0.25) is 0 Å². The highest BCUT2D eigenvalue weighted by Gasteiger charge is 2.08. The van der Waals surface area contributed by atoms with E-state index in [4.69, 9.17) is 4.74 Å². The Hall–Kier alpha value is -0.450. The minimum atomic E-state index is -0.707. The van der Waals surface area contributed by atoms with E-state index in [1.165, 1.54) is 19.2 Å². The summed E-state index contributed by atoms with van der Waals surface area (Å²) in [5.74, 6) is -0.339. The van der Waals surface area contributed by atoms with Crippen LogP contribution in [0.2, 0.25) is 0 Å². The van der Waals surface area contributed by atoms with E-state index in [1.807, 2.05) is 0 Å². The number of methoxy groups -OCH3 is 1. The van der Waals surface area contributed by atoms with E-state index in [2.05, 4.69) is 15.9 Å². The first kappa shape index (κ1) is 10.6. The summed E-state index contributed by atoms with van der Waals surface area (Å²) in [6, 6.07) is 4.38. The molecule has 0 saturated heterocycles. The maximum absolute atomic E-state index is 12.8. The summed E-state index contributed by atoms with van der Waals surface area (Å²) in [6.45, 7) is 0.206. The van der Waals surface area contributed by atoms with E-state index in [1.54, 1.807) is 6.07 Å². The summed E-state index contributed by atoms with van der Waals surface area (Å²) in [6.07, 6.45) is -0.707. The molecule has 0 fully saturated rings. The molecule has 13 heavy (non-hydrogen) atoms. The Morgan fingerprint density at radius 1 is 1.62 bits per heavy atom. The lowest BCUT2D eigenvalue weighted by molar-refractivity contribution is 0.0643. The molecule has 0 bridgehead atoms. The molecular weight excluding hydrogens is 239 g/mol. The third-order valence-electron chi connectivity index (χ3n) is 1.65. The lowest BCUT2D eigenvalue weighted by atomic mass is 10.1. The van der Waals surface area contributed by atoms with Crippen molar-refractivity contribution in [1.29, 1.82) is 0 Å². The minimum Gasteiger partial charge on any atom is -0.386 e. The predicted molar refractivity (Wildman–Crippen MR) is 50.9 cm³/mol. The van der Waals surface area contributed by atoms with Crippen molar-refractivity contribution in [2.24, 2.45) is 0 Å². The van der Waals surface area contributed by atoms with E-state index >= 15 is 0 Å². The fourth-order valence-corrected chi connectivity index (χ4v) is 1.37. The summed E-state index contributed by atoms with van der Waals surface area (Å²) >= 11 is 3.04. The van der Waals surface area contributed by atoms with E-state index in [0.717, 1.165) is 0 Å². The molecule has 0 saturated carbocycles. The molecule has 1 rings (SSSR count). The van der Waals surface area contributed by atoms with E-state index in [9.17, 15) is 9.50 Å². The molecule has 1 N–H and O–H groups in total. The standard InChI is InChI=1S/C9H10BrFO2/c1-13-5-9(12)6-2-3-8(11)7(10)4-6/h2-4,9,12H,5H2,1H3. The van der Waals surface area contributed by atoms with Gasteiger partial charge in [-0.05, 0) is 33.6 Å². The maximum Gasteiger partial charge on any atom is 0.137 e. The molecule has 0 aliphatic rings. The maximum atomic E-state index is 12.8. The zero-order valence-corrected chi connectivity index (χ0v) is 8.71. The van der Waals surface area contributed by atoms with Gasteiger partial charge in [-0.15, -0.1) is 0 Å². The Balaban J connectivity index is 2.84. The molecule has 1 unspecified atom stereocenters. The van der Waals surface area contributed by atoms with Crippen LogP contribution in [0.15, 0.2) is 22.7 Å². The predicted octanol–water partition coefficient (Wildman–Crippen LogP) is 2.27. The van der Waals surface area contributed by atoms with Gasteiger partial charge in [0.1, 0.15) is 11.9 Å². The number of halogens is 2. The molecule has 0 heterocycles. The molecule has 0 aliphatic heterocycles. The van der Waals surface area contributed by atoms with Crippen molar-refractivity contribution in [2.45, 2.75) is 6.10 Å². The van der Waals surface area contributed by atoms with Crippen molar-refractivity contribution < 1.29 is 14.2 Å². The van der Waals surface area contributed by atoms with Crippen molar-refractivity contribution in [3.63, 3.8) is 0 Å². The number of aliphatic hydroxyl groups excluding tert-OH is 1. The summed E-state index contributed by atoms with van der Waals surface area (Å²) < 4.78 is 17.9. The second kappa shape index (κ2) is 4.69. The average Bonchev–Trinajstić information content (AvgIpc) is 2.10. The number of benzene rings is 1. The Morgan fingerprint density at radius 2 is 2.31 bits per heavy atom. The van der Waals surface area contributed by atoms with E-state index < -0.39 is 6.10 Å². The molecule has 0 spiro atoms. The molecule has 1 aromatic carbocycles. The summed E-state index contributed by atoms with van der Waals surface area (Å²) in [7, 11) is 1.50. The fourth-order valence-electron chi connectivity index (χ4n) is 0.974.